The highest BCUT2D eigenvalue weighted by Crippen LogP contribution is 2.21. The highest BCUT2D eigenvalue weighted by Gasteiger charge is 2.40. The predicted molar refractivity (Wildman–Crippen MR) is 35.2 cm³/mol. The van der Waals surface area contributed by atoms with Crippen molar-refractivity contribution >= 4 is 7.85 Å². The van der Waals surface area contributed by atoms with Crippen LogP contribution in [0.1, 0.15) is 0 Å². The molecule has 58 valence electrons. The van der Waals surface area contributed by atoms with Gasteiger partial charge in [0.15, 0.2) is 0 Å². The monoisotopic (exact) mass is 148 g/mol. The fourth-order valence-corrected chi connectivity index (χ4v) is 1.07. The number of rotatable bonds is 1. The normalized spacial score (nSPS) is 47.9. The summed E-state index contributed by atoms with van der Waals surface area (Å²) in [6.45, 7) is -0.327. The van der Waals surface area contributed by atoms with Crippen LogP contribution in [-0.4, -0.2) is 49.0 Å². The topological polar surface area (TPSA) is 49.7 Å². The smallest absolute Gasteiger partial charge is 0.147 e. The number of aliphatic hydroxyl groups is 2. The second-order valence-corrected chi connectivity index (χ2v) is 2.50. The molecule has 0 aromatic rings. The van der Waals surface area contributed by atoms with Gasteiger partial charge >= 0.3 is 0 Å². The van der Waals surface area contributed by atoms with Crippen LogP contribution >= 0.6 is 0 Å². The molecule has 4 atom stereocenters. The van der Waals surface area contributed by atoms with Gasteiger partial charge in [-0.2, -0.15) is 0 Å². The molecule has 1 aliphatic rings. The summed E-state index contributed by atoms with van der Waals surface area (Å²) in [7, 11) is 1.53. The van der Waals surface area contributed by atoms with E-state index >= 15 is 0 Å². The van der Waals surface area contributed by atoms with Crippen molar-refractivity contribution in [1.82, 2.24) is 0 Å². The molecule has 2 N–H and O–H groups in total. The van der Waals surface area contributed by atoms with E-state index in [0.29, 0.717) is 0 Å². The first-order chi connectivity index (χ1) is 4.66. The first-order valence-corrected chi connectivity index (χ1v) is 3.25. The maximum atomic E-state index is 12.7. The van der Waals surface area contributed by atoms with E-state index in [1.807, 2.05) is 0 Å². The lowest BCUT2D eigenvalue weighted by Gasteiger charge is -2.09. The van der Waals surface area contributed by atoms with Gasteiger partial charge in [0.2, 0.25) is 0 Å². The van der Waals surface area contributed by atoms with Crippen LogP contribution in [0.15, 0.2) is 0 Å². The van der Waals surface area contributed by atoms with Crippen LogP contribution in [0, 0.1) is 0 Å². The second kappa shape index (κ2) is 2.86. The molecule has 5 heteroatoms. The number of ether oxygens (including phenoxy) is 1. The minimum Gasteiger partial charge on any atom is -0.394 e. The van der Waals surface area contributed by atoms with Gasteiger partial charge in [0.25, 0.3) is 0 Å². The molecule has 0 aromatic heterocycles. The molecule has 0 aromatic carbocycles. The van der Waals surface area contributed by atoms with Crippen LogP contribution in [0.2, 0.25) is 0 Å². The van der Waals surface area contributed by atoms with E-state index in [0.717, 1.165) is 0 Å². The van der Waals surface area contributed by atoms with Gasteiger partial charge in [-0.1, -0.05) is 0 Å². The molecule has 0 unspecified atom stereocenters. The van der Waals surface area contributed by atoms with Crippen LogP contribution in [-0.2, 0) is 4.74 Å². The molecular formula is C5H10BFO3. The van der Waals surface area contributed by atoms with Crippen LogP contribution < -0.4 is 0 Å². The average molecular weight is 148 g/mol. The van der Waals surface area contributed by atoms with E-state index in [1.165, 1.54) is 7.85 Å². The highest BCUT2D eigenvalue weighted by molar-refractivity contribution is 6.11. The zero-order valence-electron chi connectivity index (χ0n) is 5.70. The summed E-state index contributed by atoms with van der Waals surface area (Å²) >= 11 is 0. The molecule has 0 saturated carbocycles. The molecule has 0 bridgehead atoms. The molecular weight excluding hydrogens is 138 g/mol. The van der Waals surface area contributed by atoms with Crippen molar-refractivity contribution in [2.75, 3.05) is 6.61 Å². The van der Waals surface area contributed by atoms with Gasteiger partial charge in [0, 0.05) is 0 Å². The molecule has 0 radical (unpaired) electrons. The van der Waals surface area contributed by atoms with Crippen molar-refractivity contribution < 1.29 is 19.3 Å². The molecule has 1 saturated heterocycles. The molecule has 0 amide bonds. The van der Waals surface area contributed by atoms with E-state index in [9.17, 15) is 4.39 Å². The average Bonchev–Trinajstić information content (AvgIpc) is 2.17. The van der Waals surface area contributed by atoms with E-state index in [-0.39, 0.29) is 6.61 Å². The maximum absolute atomic E-state index is 12.7. The number of hydrogen-bond donors (Lipinski definition) is 2. The standard InChI is InChI=1S/C5H10BFO3/c6-5-3(7)4(9)2(1-8)10-5/h2-5,8-9H,1,6H2/t2-,3+,4-,5-/m0/s1. The fourth-order valence-electron chi connectivity index (χ4n) is 1.07. The Morgan fingerprint density at radius 1 is 1.60 bits per heavy atom. The van der Waals surface area contributed by atoms with Crippen LogP contribution in [0.25, 0.3) is 0 Å². The van der Waals surface area contributed by atoms with Crippen molar-refractivity contribution in [2.45, 2.75) is 24.4 Å². The van der Waals surface area contributed by atoms with Gasteiger partial charge in [0.1, 0.15) is 26.2 Å². The Morgan fingerprint density at radius 3 is 2.40 bits per heavy atom. The Bertz CT molecular complexity index is 123. The van der Waals surface area contributed by atoms with Crippen molar-refractivity contribution in [3.05, 3.63) is 0 Å². The highest BCUT2D eigenvalue weighted by atomic mass is 19.1. The van der Waals surface area contributed by atoms with E-state index in [4.69, 9.17) is 14.9 Å². The SMILES string of the molecule is B[C@H]1O[C@@H](CO)[C@H](O)[C@H]1F. The number of aliphatic hydroxyl groups excluding tert-OH is 2. The lowest BCUT2D eigenvalue weighted by Crippen LogP contribution is -2.30. The lowest BCUT2D eigenvalue weighted by atomic mass is 9.94. The Balaban J connectivity index is 2.53. The zero-order valence-corrected chi connectivity index (χ0v) is 5.70. The number of alkyl halides is 1. The second-order valence-electron chi connectivity index (χ2n) is 2.50. The summed E-state index contributed by atoms with van der Waals surface area (Å²) in [5.41, 5.74) is 0. The van der Waals surface area contributed by atoms with Gasteiger partial charge in [-0.05, 0) is 0 Å². The summed E-state index contributed by atoms with van der Waals surface area (Å²) < 4.78 is 17.5. The Hall–Kier alpha value is -0.125. The molecule has 1 fully saturated rings. The van der Waals surface area contributed by atoms with Gasteiger partial charge < -0.3 is 14.9 Å². The van der Waals surface area contributed by atoms with Crippen LogP contribution in [0.5, 0.6) is 0 Å². The quantitative estimate of drug-likeness (QED) is 0.424. The predicted octanol–water partition coefficient (Wildman–Crippen LogP) is -1.96. The summed E-state index contributed by atoms with van der Waals surface area (Å²) in [6.07, 6.45) is -3.28. The summed E-state index contributed by atoms with van der Waals surface area (Å²) in [4.78, 5) is 0. The molecule has 10 heavy (non-hydrogen) atoms. The minimum absolute atomic E-state index is 0.327. The molecule has 0 aliphatic carbocycles. The van der Waals surface area contributed by atoms with Gasteiger partial charge in [0.05, 0.1) is 12.6 Å². The molecule has 3 nitrogen and oxygen atoms in total. The van der Waals surface area contributed by atoms with E-state index < -0.39 is 24.4 Å². The summed E-state index contributed by atoms with van der Waals surface area (Å²) in [5.74, 6) is 0. The van der Waals surface area contributed by atoms with E-state index in [1.54, 1.807) is 0 Å². The minimum atomic E-state index is -1.36. The van der Waals surface area contributed by atoms with Crippen molar-refractivity contribution in [2.24, 2.45) is 0 Å². The Kier molecular flexibility index (Phi) is 2.28. The Morgan fingerprint density at radius 2 is 2.20 bits per heavy atom. The van der Waals surface area contributed by atoms with Crippen LogP contribution in [0.4, 0.5) is 4.39 Å². The van der Waals surface area contributed by atoms with Gasteiger partial charge in [-0.25, -0.2) is 4.39 Å². The van der Waals surface area contributed by atoms with Gasteiger partial charge in [-0.3, -0.25) is 0 Å². The first-order valence-electron chi connectivity index (χ1n) is 3.25. The lowest BCUT2D eigenvalue weighted by molar-refractivity contribution is -0.00566. The zero-order chi connectivity index (χ0) is 7.72. The Labute approximate surface area is 59.2 Å². The molecule has 1 aliphatic heterocycles. The number of hydrogen-bond acceptors (Lipinski definition) is 3. The third kappa shape index (κ3) is 1.16. The maximum Gasteiger partial charge on any atom is 0.147 e. The molecule has 1 heterocycles. The largest absolute Gasteiger partial charge is 0.394 e. The van der Waals surface area contributed by atoms with Gasteiger partial charge in [-0.15, -0.1) is 0 Å². The summed E-state index contributed by atoms with van der Waals surface area (Å²) in [6, 6.07) is -0.604. The van der Waals surface area contributed by atoms with Crippen LogP contribution in [0.3, 0.4) is 0 Å². The van der Waals surface area contributed by atoms with E-state index in [2.05, 4.69) is 0 Å². The number of halogens is 1. The summed E-state index contributed by atoms with van der Waals surface area (Å²) in [5, 5.41) is 17.5. The fraction of sp³-hybridized carbons (Fsp3) is 1.00. The third-order valence-electron chi connectivity index (χ3n) is 1.73. The van der Waals surface area contributed by atoms with Crippen molar-refractivity contribution in [3.8, 4) is 0 Å². The first kappa shape index (κ1) is 7.98. The van der Waals surface area contributed by atoms with Crippen molar-refractivity contribution in [1.29, 1.82) is 0 Å². The third-order valence-corrected chi connectivity index (χ3v) is 1.73. The molecule has 0 spiro atoms. The van der Waals surface area contributed by atoms with Crippen molar-refractivity contribution in [3.63, 3.8) is 0 Å². The molecule has 1 rings (SSSR count).